The van der Waals surface area contributed by atoms with Crippen molar-refractivity contribution < 1.29 is 78.9 Å². The monoisotopic (exact) mass is 677 g/mol. The van der Waals surface area contributed by atoms with Crippen LogP contribution in [0, 0.1) is 46.9 Å². The maximum absolute atomic E-state index is 12.6. The normalized spacial score (nSPS) is 12.6. The van der Waals surface area contributed by atoms with E-state index in [2.05, 4.69) is 28.2 Å². The predicted molar refractivity (Wildman–Crippen MR) is 132 cm³/mol. The number of carbonyl (C=O) groups excluding carboxylic acids is 4. The zero-order valence-corrected chi connectivity index (χ0v) is 23.2. The van der Waals surface area contributed by atoms with Gasteiger partial charge in [0.05, 0.1) is 0 Å². The van der Waals surface area contributed by atoms with Crippen molar-refractivity contribution in [2.75, 3.05) is 12.4 Å². The van der Waals surface area contributed by atoms with E-state index in [0.717, 1.165) is 5.56 Å². The Kier molecular flexibility index (Phi) is 17.2. The van der Waals surface area contributed by atoms with Crippen LogP contribution in [-0.4, -0.2) is 71.0 Å². The molecule has 0 aliphatic rings. The van der Waals surface area contributed by atoms with E-state index >= 15 is 0 Å². The topological polar surface area (TPSA) is 215 Å². The Morgan fingerprint density at radius 2 is 1.39 bits per heavy atom. The second kappa shape index (κ2) is 18.6. The van der Waals surface area contributed by atoms with Gasteiger partial charge in [-0.1, -0.05) is 17.7 Å². The van der Waals surface area contributed by atoms with Crippen molar-refractivity contribution >= 4 is 41.3 Å². The van der Waals surface area contributed by atoms with Crippen molar-refractivity contribution in [2.24, 2.45) is 0 Å². The zero-order valence-electron chi connectivity index (χ0n) is 20.9. The molecule has 0 spiro atoms. The van der Waals surface area contributed by atoms with Gasteiger partial charge in [0.25, 0.3) is 0 Å². The molecule has 7 N–H and O–H groups in total. The summed E-state index contributed by atoms with van der Waals surface area (Å²) in [6, 6.07) is 2.69. The molecule has 0 aliphatic heterocycles. The largest absolute Gasteiger partial charge is 0.481 e. The Bertz CT molecular complexity index is 973. The summed E-state index contributed by atoms with van der Waals surface area (Å²) in [6.45, 7) is 3.76. The average Bonchev–Trinajstić information content (AvgIpc) is 2.86. The van der Waals surface area contributed by atoms with E-state index in [4.69, 9.17) is 10.8 Å². The van der Waals surface area contributed by atoms with Crippen LogP contribution in [0.1, 0.15) is 44.1 Å². The molecule has 1 aromatic carbocycles. The Morgan fingerprint density at radius 1 is 0.842 bits per heavy atom. The van der Waals surface area contributed by atoms with Crippen LogP contribution in [0.3, 0.4) is 0 Å². The quantitative estimate of drug-likeness (QED) is 0.130. The molecule has 38 heavy (non-hydrogen) atoms. The first-order valence-corrected chi connectivity index (χ1v) is 11.6. The number of carboxylic acid groups (broad SMARTS) is 2. The van der Waals surface area contributed by atoms with E-state index in [-0.39, 0.29) is 72.0 Å². The third-order valence-electron chi connectivity index (χ3n) is 5.34. The first kappa shape index (κ1) is 35.3. The van der Waals surface area contributed by atoms with Gasteiger partial charge in [0.1, 0.15) is 18.1 Å². The van der Waals surface area contributed by atoms with Gasteiger partial charge in [0.2, 0.25) is 23.6 Å². The van der Waals surface area contributed by atoms with Crippen LogP contribution in [0.2, 0.25) is 0 Å². The number of hydrogen-bond donors (Lipinski definition) is 6. The second-order valence-corrected chi connectivity index (χ2v) is 8.19. The van der Waals surface area contributed by atoms with Crippen molar-refractivity contribution in [2.45, 2.75) is 63.1 Å². The summed E-state index contributed by atoms with van der Waals surface area (Å²) in [5.41, 5.74) is 9.55. The van der Waals surface area contributed by atoms with Gasteiger partial charge in [-0.25, -0.2) is 10.5 Å². The average molecular weight is 677 g/mol. The number of rotatable bonds is 16. The molecule has 1 rings (SSSR count). The molecule has 0 heterocycles. The molecule has 0 aliphatic carbocycles. The summed E-state index contributed by atoms with van der Waals surface area (Å²) in [5.74, 6) is -5.40. The number of nitrogens with one attached hydrogen (secondary N) is 5. The molecule has 0 saturated carbocycles. The minimum Gasteiger partial charge on any atom is -0.481 e. The van der Waals surface area contributed by atoms with Gasteiger partial charge >= 0.3 is 11.9 Å². The molecular weight excluding hydrogens is 644 g/mol. The first-order valence-electron chi connectivity index (χ1n) is 11.6. The fourth-order valence-corrected chi connectivity index (χ4v) is 3.12. The Labute approximate surface area is 252 Å². The van der Waals surface area contributed by atoms with E-state index in [1.54, 1.807) is 24.3 Å². The van der Waals surface area contributed by atoms with Gasteiger partial charge in [0.15, 0.2) is 0 Å². The van der Waals surface area contributed by atoms with Crippen molar-refractivity contribution in [3.8, 4) is 0 Å². The van der Waals surface area contributed by atoms with Crippen LogP contribution in [0.4, 0.5) is 5.69 Å². The number of carboxylic acids is 2. The minimum atomic E-state index is -1.45. The minimum absolute atomic E-state index is 0. The fraction of sp³-hybridized carbons (Fsp3) is 0.458. The molecule has 211 valence electrons. The summed E-state index contributed by atoms with van der Waals surface area (Å²) < 4.78 is 0. The van der Waals surface area contributed by atoms with E-state index in [9.17, 15) is 33.9 Å². The molecule has 0 saturated heterocycles. The standard InChI is InChI=1S/C24H33N5O8.Gd/c1-3-14-4-6-15(7-5-14)27-20(31)11-8-16(25)22(34)28-17(10-13-21(32)33)23(35)29-18(24(36)37)9-12-19(30)26-2;/h4-7,16-18,25H,1,3,8-13H2,2H3,(H,26,30)(H,27,31)(H,28,34)(H,29,35)(H,32,33)(H,36,37);/q-1;. The van der Waals surface area contributed by atoms with Crippen LogP contribution < -0.4 is 27.0 Å². The molecule has 4 amide bonds. The maximum Gasteiger partial charge on any atom is 0.326 e. The molecule has 3 unspecified atom stereocenters. The van der Waals surface area contributed by atoms with Crippen LogP contribution in [0.5, 0.6) is 0 Å². The number of aliphatic carboxylic acids is 2. The number of hydrogen-bond acceptors (Lipinski definition) is 6. The van der Waals surface area contributed by atoms with Crippen LogP contribution in [0.25, 0.3) is 0 Å². The summed E-state index contributed by atoms with van der Waals surface area (Å²) >= 11 is 0. The van der Waals surface area contributed by atoms with Gasteiger partial charge in [-0.2, -0.15) is 6.42 Å². The number of amides is 4. The zero-order chi connectivity index (χ0) is 28.0. The molecule has 13 nitrogen and oxygen atoms in total. The number of benzene rings is 1. The first-order chi connectivity index (χ1) is 17.5. The third kappa shape index (κ3) is 13.7. The van der Waals surface area contributed by atoms with Crippen molar-refractivity contribution in [1.29, 1.82) is 0 Å². The molecule has 1 aromatic rings. The van der Waals surface area contributed by atoms with Crippen LogP contribution >= 0.6 is 0 Å². The summed E-state index contributed by atoms with van der Waals surface area (Å²) in [5, 5.41) is 27.7. The van der Waals surface area contributed by atoms with Crippen LogP contribution in [-0.2, 0) is 35.2 Å². The van der Waals surface area contributed by atoms with Crippen molar-refractivity contribution in [3.63, 3.8) is 0 Å². The Hall–Kier alpha value is -2.68. The molecule has 0 bridgehead atoms. The van der Waals surface area contributed by atoms with E-state index < -0.39 is 60.1 Å². The van der Waals surface area contributed by atoms with Gasteiger partial charge in [-0.15, -0.1) is 0 Å². The van der Waals surface area contributed by atoms with Crippen molar-refractivity contribution in [3.05, 3.63) is 36.8 Å². The number of anilines is 1. The Balaban J connectivity index is 0.0000137. The SMILES string of the molecule is [CH2-]Cc1ccc(NC(=O)CCC([NH])C(=O)NC(CCC(=O)O)C(=O)NC(CCC(=O)NC)C(=O)O)cc1.[Gd]. The van der Waals surface area contributed by atoms with E-state index in [1.165, 1.54) is 7.05 Å². The van der Waals surface area contributed by atoms with Gasteiger partial charge < -0.3 is 38.4 Å². The van der Waals surface area contributed by atoms with E-state index in [1.807, 2.05) is 0 Å². The maximum atomic E-state index is 12.6. The third-order valence-corrected chi connectivity index (χ3v) is 5.34. The Morgan fingerprint density at radius 3 is 1.92 bits per heavy atom. The molecule has 0 fully saturated rings. The molecule has 0 aromatic heterocycles. The van der Waals surface area contributed by atoms with Crippen molar-refractivity contribution in [1.82, 2.24) is 21.7 Å². The molecule has 3 atom stereocenters. The number of carbonyl (C=O) groups is 6. The molecule has 1 radical (unpaired) electrons. The molecule has 14 heteroatoms. The smallest absolute Gasteiger partial charge is 0.326 e. The summed E-state index contributed by atoms with van der Waals surface area (Å²) in [4.78, 5) is 71.2. The second-order valence-electron chi connectivity index (χ2n) is 8.19. The molecular formula is C24H33GdN5O8-. The summed E-state index contributed by atoms with van der Waals surface area (Å²) in [6.07, 6.45) is -1.01. The van der Waals surface area contributed by atoms with E-state index in [0.29, 0.717) is 12.1 Å². The van der Waals surface area contributed by atoms with Gasteiger partial charge in [-0.05, 0) is 31.4 Å². The van der Waals surface area contributed by atoms with Gasteiger partial charge in [0, 0.05) is 71.9 Å². The predicted octanol–water partition coefficient (Wildman–Crippen LogP) is -0.121. The summed E-state index contributed by atoms with van der Waals surface area (Å²) in [7, 11) is 1.37. The fourth-order valence-electron chi connectivity index (χ4n) is 3.12. The van der Waals surface area contributed by atoms with Crippen LogP contribution in [0.15, 0.2) is 24.3 Å². The van der Waals surface area contributed by atoms with Gasteiger partial charge in [-0.3, -0.25) is 24.0 Å².